The summed E-state index contributed by atoms with van der Waals surface area (Å²) in [6.45, 7) is 0.799. The Balaban J connectivity index is 1.68. The van der Waals surface area contributed by atoms with Crippen LogP contribution in [-0.4, -0.2) is 36.8 Å². The first-order valence-electron chi connectivity index (χ1n) is 8.11. The third kappa shape index (κ3) is 3.18. The zero-order chi connectivity index (χ0) is 17.0. The lowest BCUT2D eigenvalue weighted by atomic mass is 9.64. The van der Waals surface area contributed by atoms with Crippen LogP contribution in [0.25, 0.3) is 0 Å². The molecule has 1 aliphatic rings. The normalized spacial score (nSPS) is 15.2. The van der Waals surface area contributed by atoms with Crippen molar-refractivity contribution in [3.8, 4) is 5.75 Å². The Morgan fingerprint density at radius 3 is 2.42 bits per heavy atom. The second kappa shape index (κ2) is 6.86. The average molecular weight is 326 g/mol. The van der Waals surface area contributed by atoms with Gasteiger partial charge in [0.05, 0.1) is 7.11 Å². The third-order valence-electron chi connectivity index (χ3n) is 4.75. The van der Waals surface area contributed by atoms with Gasteiger partial charge in [-0.05, 0) is 42.7 Å². The Bertz CT molecular complexity index is 694. The molecule has 3 rings (SSSR count). The average Bonchev–Trinajstić information content (AvgIpc) is 2.61. The topological polar surface area (TPSA) is 76.1 Å². The first-order valence-corrected chi connectivity index (χ1v) is 8.11. The van der Waals surface area contributed by atoms with Gasteiger partial charge in [-0.3, -0.25) is 4.79 Å². The Kier molecular flexibility index (Phi) is 4.64. The molecule has 0 radical (unpaired) electrons. The number of hydrogen-bond acceptors (Lipinski definition) is 5. The number of rotatable bonds is 6. The highest BCUT2D eigenvalue weighted by atomic mass is 16.5. The summed E-state index contributed by atoms with van der Waals surface area (Å²) in [6, 6.07) is 11.8. The largest absolute Gasteiger partial charge is 0.497 e. The number of carbonyl (C=O) groups excluding carboxylic acids is 1. The highest BCUT2D eigenvalue weighted by Gasteiger charge is 2.38. The number of benzene rings is 1. The molecular formula is C18H22N4O2. The van der Waals surface area contributed by atoms with Crippen LogP contribution in [0.15, 0.2) is 36.4 Å². The minimum absolute atomic E-state index is 0.132. The SMILES string of the molecule is CNC(=O)c1ccc(NCC2(c3ccc(OC)cc3)CCC2)nn1. The highest BCUT2D eigenvalue weighted by Crippen LogP contribution is 2.44. The van der Waals surface area contributed by atoms with Gasteiger partial charge in [0.2, 0.25) is 0 Å². The quantitative estimate of drug-likeness (QED) is 0.852. The van der Waals surface area contributed by atoms with E-state index in [1.165, 1.54) is 12.0 Å². The van der Waals surface area contributed by atoms with Crippen molar-refractivity contribution < 1.29 is 9.53 Å². The first-order chi connectivity index (χ1) is 11.7. The standard InChI is InChI=1S/C18H22N4O2/c1-19-17(23)15-8-9-16(22-21-15)20-12-18(10-3-11-18)13-4-6-14(24-2)7-5-13/h4-9H,3,10-12H2,1-2H3,(H,19,23)(H,20,22). The first kappa shape index (κ1) is 16.2. The fourth-order valence-corrected chi connectivity index (χ4v) is 3.05. The predicted octanol–water partition coefficient (Wildman–Crippen LogP) is 2.38. The van der Waals surface area contributed by atoms with Gasteiger partial charge in [0.1, 0.15) is 11.6 Å². The second-order valence-corrected chi connectivity index (χ2v) is 6.10. The minimum atomic E-state index is -0.234. The predicted molar refractivity (Wildman–Crippen MR) is 92.4 cm³/mol. The van der Waals surface area contributed by atoms with E-state index in [9.17, 15) is 4.79 Å². The summed E-state index contributed by atoms with van der Waals surface area (Å²) in [5.74, 6) is 1.32. The number of nitrogens with zero attached hydrogens (tertiary/aromatic N) is 2. The lowest BCUT2D eigenvalue weighted by molar-refractivity contribution is 0.0957. The number of aromatic nitrogens is 2. The summed E-state index contributed by atoms with van der Waals surface area (Å²) in [5, 5.41) is 13.9. The van der Waals surface area contributed by atoms with Crippen LogP contribution in [0.3, 0.4) is 0 Å². The van der Waals surface area contributed by atoms with Crippen molar-refractivity contribution in [1.82, 2.24) is 15.5 Å². The number of hydrogen-bond donors (Lipinski definition) is 2. The highest BCUT2D eigenvalue weighted by molar-refractivity contribution is 5.91. The lowest BCUT2D eigenvalue weighted by Crippen LogP contribution is -2.41. The molecule has 6 heteroatoms. The molecule has 2 aromatic rings. The van der Waals surface area contributed by atoms with Gasteiger partial charge in [-0.1, -0.05) is 18.6 Å². The molecule has 0 atom stereocenters. The summed E-state index contributed by atoms with van der Waals surface area (Å²) >= 11 is 0. The molecule has 24 heavy (non-hydrogen) atoms. The molecule has 126 valence electrons. The molecule has 1 heterocycles. The van der Waals surface area contributed by atoms with Crippen LogP contribution in [0.5, 0.6) is 5.75 Å². The number of anilines is 1. The molecule has 2 N–H and O–H groups in total. The van der Waals surface area contributed by atoms with Gasteiger partial charge in [-0.15, -0.1) is 10.2 Å². The van der Waals surface area contributed by atoms with Crippen LogP contribution in [-0.2, 0) is 5.41 Å². The Labute approximate surface area is 141 Å². The Morgan fingerprint density at radius 2 is 1.92 bits per heavy atom. The van der Waals surface area contributed by atoms with Gasteiger partial charge in [0.15, 0.2) is 5.69 Å². The summed E-state index contributed by atoms with van der Waals surface area (Å²) in [6.07, 6.45) is 3.53. The van der Waals surface area contributed by atoms with E-state index in [0.29, 0.717) is 11.5 Å². The van der Waals surface area contributed by atoms with Crippen molar-refractivity contribution in [2.45, 2.75) is 24.7 Å². The van der Waals surface area contributed by atoms with E-state index >= 15 is 0 Å². The van der Waals surface area contributed by atoms with Gasteiger partial charge in [-0.2, -0.15) is 0 Å². The fourth-order valence-electron chi connectivity index (χ4n) is 3.05. The van der Waals surface area contributed by atoms with Crippen LogP contribution in [0.4, 0.5) is 5.82 Å². The minimum Gasteiger partial charge on any atom is -0.497 e. The zero-order valence-corrected chi connectivity index (χ0v) is 14.0. The fraction of sp³-hybridized carbons (Fsp3) is 0.389. The molecule has 0 saturated heterocycles. The third-order valence-corrected chi connectivity index (χ3v) is 4.75. The molecular weight excluding hydrogens is 304 g/mol. The molecule has 1 aromatic carbocycles. The van der Waals surface area contributed by atoms with Crippen molar-refractivity contribution in [1.29, 1.82) is 0 Å². The van der Waals surface area contributed by atoms with Crippen LogP contribution >= 0.6 is 0 Å². The summed E-state index contributed by atoms with van der Waals surface area (Å²) < 4.78 is 5.24. The van der Waals surface area contributed by atoms with E-state index < -0.39 is 0 Å². The van der Waals surface area contributed by atoms with Crippen molar-refractivity contribution in [2.75, 3.05) is 26.0 Å². The van der Waals surface area contributed by atoms with E-state index in [-0.39, 0.29) is 11.3 Å². The summed E-state index contributed by atoms with van der Waals surface area (Å²) in [7, 11) is 3.25. The van der Waals surface area contributed by atoms with E-state index in [1.807, 2.05) is 12.1 Å². The van der Waals surface area contributed by atoms with Gasteiger partial charge >= 0.3 is 0 Å². The van der Waals surface area contributed by atoms with E-state index in [1.54, 1.807) is 26.3 Å². The van der Waals surface area contributed by atoms with Gasteiger partial charge < -0.3 is 15.4 Å². The smallest absolute Gasteiger partial charge is 0.271 e. The summed E-state index contributed by atoms with van der Waals surface area (Å²) in [5.41, 5.74) is 1.77. The van der Waals surface area contributed by atoms with Crippen molar-refractivity contribution in [3.05, 3.63) is 47.7 Å². The Hall–Kier alpha value is -2.63. The number of methoxy groups -OCH3 is 1. The van der Waals surface area contributed by atoms with E-state index in [2.05, 4.69) is 33.0 Å². The van der Waals surface area contributed by atoms with Gasteiger partial charge in [0, 0.05) is 19.0 Å². The van der Waals surface area contributed by atoms with Gasteiger partial charge in [-0.25, -0.2) is 0 Å². The van der Waals surface area contributed by atoms with Crippen LogP contribution in [0, 0.1) is 0 Å². The Morgan fingerprint density at radius 1 is 1.17 bits per heavy atom. The maximum absolute atomic E-state index is 11.5. The molecule has 1 aromatic heterocycles. The van der Waals surface area contributed by atoms with Crippen molar-refractivity contribution in [2.24, 2.45) is 0 Å². The molecule has 6 nitrogen and oxygen atoms in total. The second-order valence-electron chi connectivity index (χ2n) is 6.10. The number of ether oxygens (including phenoxy) is 1. The molecule has 0 aliphatic heterocycles. The molecule has 1 amide bonds. The van der Waals surface area contributed by atoms with Crippen molar-refractivity contribution >= 4 is 11.7 Å². The van der Waals surface area contributed by atoms with Crippen LogP contribution in [0.2, 0.25) is 0 Å². The molecule has 1 aliphatic carbocycles. The van der Waals surface area contributed by atoms with Crippen molar-refractivity contribution in [3.63, 3.8) is 0 Å². The number of carbonyl (C=O) groups is 1. The summed E-state index contributed by atoms with van der Waals surface area (Å²) in [4.78, 5) is 11.5. The molecule has 1 fully saturated rings. The molecule has 0 spiro atoms. The lowest BCUT2D eigenvalue weighted by Gasteiger charge is -2.42. The van der Waals surface area contributed by atoms with E-state index in [0.717, 1.165) is 25.1 Å². The molecule has 0 bridgehead atoms. The maximum atomic E-state index is 11.5. The van der Waals surface area contributed by atoms with Crippen LogP contribution < -0.4 is 15.4 Å². The van der Waals surface area contributed by atoms with Gasteiger partial charge in [0.25, 0.3) is 5.91 Å². The van der Waals surface area contributed by atoms with Crippen LogP contribution in [0.1, 0.15) is 35.3 Å². The van der Waals surface area contributed by atoms with E-state index in [4.69, 9.17) is 4.74 Å². The molecule has 0 unspecified atom stereocenters. The number of amides is 1. The number of nitrogens with one attached hydrogen (secondary N) is 2. The monoisotopic (exact) mass is 326 g/mol. The zero-order valence-electron chi connectivity index (χ0n) is 14.0. The maximum Gasteiger partial charge on any atom is 0.271 e. The molecule has 1 saturated carbocycles.